The standard InChI is InChI=1S/C12H13O5P/c1-9(2)12(13)16-8-7-10-5-3-4-6-11(10)17-18(14)15/h3-6H,1,7-8H2,2H3/p+1. The average molecular weight is 269 g/mol. The van der Waals surface area contributed by atoms with E-state index in [0.29, 0.717) is 23.3 Å². The van der Waals surface area contributed by atoms with Crippen molar-refractivity contribution in [2.24, 2.45) is 0 Å². The Bertz CT molecular complexity index is 469. The van der Waals surface area contributed by atoms with E-state index in [-0.39, 0.29) is 6.61 Å². The molecule has 5 nitrogen and oxygen atoms in total. The molecule has 0 aliphatic heterocycles. The van der Waals surface area contributed by atoms with E-state index in [4.69, 9.17) is 14.2 Å². The molecule has 0 radical (unpaired) electrons. The van der Waals surface area contributed by atoms with E-state index in [2.05, 4.69) is 6.58 Å². The molecule has 1 unspecified atom stereocenters. The van der Waals surface area contributed by atoms with Crippen molar-refractivity contribution < 1.29 is 23.5 Å². The van der Waals surface area contributed by atoms with Gasteiger partial charge in [-0.05, 0) is 13.0 Å². The van der Waals surface area contributed by atoms with Gasteiger partial charge in [0.2, 0.25) is 0 Å². The highest BCUT2D eigenvalue weighted by atomic mass is 31.1. The minimum Gasteiger partial charge on any atom is -0.462 e. The van der Waals surface area contributed by atoms with Crippen LogP contribution in [0.15, 0.2) is 36.4 Å². The molecule has 1 atom stereocenters. The first-order valence-corrected chi connectivity index (χ1v) is 6.38. The van der Waals surface area contributed by atoms with Gasteiger partial charge in [-0.2, -0.15) is 0 Å². The molecule has 96 valence electrons. The lowest BCUT2D eigenvalue weighted by atomic mass is 10.1. The molecule has 1 N–H and O–H groups in total. The van der Waals surface area contributed by atoms with Gasteiger partial charge in [0.25, 0.3) is 0 Å². The van der Waals surface area contributed by atoms with Gasteiger partial charge in [0.1, 0.15) is 0 Å². The van der Waals surface area contributed by atoms with Crippen LogP contribution in [0.4, 0.5) is 0 Å². The number of ether oxygens (including phenoxy) is 1. The highest BCUT2D eigenvalue weighted by Crippen LogP contribution is 2.26. The fourth-order valence-corrected chi connectivity index (χ4v) is 1.61. The number of para-hydroxylation sites is 1. The van der Waals surface area contributed by atoms with Crippen LogP contribution in [0.2, 0.25) is 0 Å². The van der Waals surface area contributed by atoms with Crippen LogP contribution in [0.3, 0.4) is 0 Å². The summed E-state index contributed by atoms with van der Waals surface area (Å²) in [5.41, 5.74) is 1.03. The fraction of sp³-hybridized carbons (Fsp3) is 0.250. The molecule has 0 aliphatic rings. The average Bonchev–Trinajstić information content (AvgIpc) is 2.30. The Morgan fingerprint density at radius 3 is 2.72 bits per heavy atom. The third-order valence-corrected chi connectivity index (χ3v) is 2.45. The van der Waals surface area contributed by atoms with E-state index in [1.54, 1.807) is 31.2 Å². The monoisotopic (exact) mass is 269 g/mol. The Labute approximate surface area is 106 Å². The molecule has 0 bridgehead atoms. The quantitative estimate of drug-likeness (QED) is 0.487. The maximum absolute atomic E-state index is 11.2. The zero-order valence-electron chi connectivity index (χ0n) is 9.96. The SMILES string of the molecule is C=C(C)C(=O)OCCc1ccccc1O[P+](=O)O. The fourth-order valence-electron chi connectivity index (χ4n) is 1.26. The van der Waals surface area contributed by atoms with Crippen molar-refractivity contribution in [2.45, 2.75) is 13.3 Å². The first-order chi connectivity index (χ1) is 8.50. The third kappa shape index (κ3) is 4.65. The first kappa shape index (κ1) is 14.4. The smallest absolute Gasteiger partial charge is 0.462 e. The van der Waals surface area contributed by atoms with E-state index in [1.165, 1.54) is 0 Å². The van der Waals surface area contributed by atoms with Gasteiger partial charge in [-0.25, -0.2) is 9.32 Å². The summed E-state index contributed by atoms with van der Waals surface area (Å²) in [6.07, 6.45) is 0.401. The lowest BCUT2D eigenvalue weighted by Gasteiger charge is -2.05. The minimum atomic E-state index is -2.70. The molecule has 0 spiro atoms. The van der Waals surface area contributed by atoms with E-state index in [0.717, 1.165) is 0 Å². The zero-order chi connectivity index (χ0) is 13.5. The number of hydrogen-bond donors (Lipinski definition) is 1. The number of carbonyl (C=O) groups excluding carboxylic acids is 1. The number of esters is 1. The highest BCUT2D eigenvalue weighted by molar-refractivity contribution is 7.32. The Kier molecular flexibility index (Phi) is 5.49. The minimum absolute atomic E-state index is 0.161. The molecular formula is C12H14O5P+. The van der Waals surface area contributed by atoms with Crippen molar-refractivity contribution in [3.8, 4) is 5.75 Å². The molecule has 0 amide bonds. The molecule has 18 heavy (non-hydrogen) atoms. The van der Waals surface area contributed by atoms with Crippen LogP contribution in [0.1, 0.15) is 12.5 Å². The summed E-state index contributed by atoms with van der Waals surface area (Å²) in [5.74, 6) is -0.144. The van der Waals surface area contributed by atoms with Crippen LogP contribution in [0.25, 0.3) is 0 Å². The maximum Gasteiger partial charge on any atom is 0.747 e. The molecule has 6 heteroatoms. The van der Waals surface area contributed by atoms with Gasteiger partial charge in [-0.3, -0.25) is 0 Å². The lowest BCUT2D eigenvalue weighted by molar-refractivity contribution is -0.138. The van der Waals surface area contributed by atoms with Crippen LogP contribution >= 0.6 is 8.25 Å². The third-order valence-electron chi connectivity index (χ3n) is 2.10. The van der Waals surface area contributed by atoms with E-state index < -0.39 is 14.2 Å². The van der Waals surface area contributed by atoms with Crippen LogP contribution < -0.4 is 4.52 Å². The van der Waals surface area contributed by atoms with Crippen molar-refractivity contribution in [3.63, 3.8) is 0 Å². The van der Waals surface area contributed by atoms with E-state index >= 15 is 0 Å². The van der Waals surface area contributed by atoms with Crippen LogP contribution in [-0.2, 0) is 20.5 Å². The molecule has 0 aliphatic carbocycles. The Morgan fingerprint density at radius 2 is 2.11 bits per heavy atom. The van der Waals surface area contributed by atoms with Gasteiger partial charge in [-0.15, -0.1) is 4.89 Å². The van der Waals surface area contributed by atoms with Gasteiger partial charge in [0, 0.05) is 22.1 Å². The summed E-state index contributed by atoms with van der Waals surface area (Å²) in [6, 6.07) is 6.78. The molecule has 1 rings (SSSR count). The second kappa shape index (κ2) is 6.89. The van der Waals surface area contributed by atoms with E-state index in [9.17, 15) is 9.36 Å². The molecule has 0 aromatic heterocycles. The topological polar surface area (TPSA) is 72.8 Å². The van der Waals surface area contributed by atoms with Gasteiger partial charge in [0.05, 0.1) is 6.61 Å². The van der Waals surface area contributed by atoms with Crippen LogP contribution in [0.5, 0.6) is 5.75 Å². The summed E-state index contributed by atoms with van der Waals surface area (Å²) in [6.45, 7) is 5.19. The second-order valence-electron chi connectivity index (χ2n) is 3.60. The van der Waals surface area contributed by atoms with Crippen molar-refractivity contribution in [1.29, 1.82) is 0 Å². The normalized spacial score (nSPS) is 10.7. The van der Waals surface area contributed by atoms with Gasteiger partial charge in [-0.1, -0.05) is 24.8 Å². The van der Waals surface area contributed by atoms with Crippen LogP contribution in [0, 0.1) is 0 Å². The van der Waals surface area contributed by atoms with Crippen molar-refractivity contribution >= 4 is 14.2 Å². The number of benzene rings is 1. The molecule has 0 saturated heterocycles. The molecule has 0 heterocycles. The molecule has 1 aromatic carbocycles. The summed E-state index contributed by atoms with van der Waals surface area (Å²) < 4.78 is 20.3. The van der Waals surface area contributed by atoms with E-state index in [1.807, 2.05) is 0 Å². The van der Waals surface area contributed by atoms with Gasteiger partial charge >= 0.3 is 14.2 Å². The molecule has 0 saturated carbocycles. The number of hydrogen-bond acceptors (Lipinski definition) is 4. The molecular weight excluding hydrogens is 255 g/mol. The van der Waals surface area contributed by atoms with Crippen molar-refractivity contribution in [2.75, 3.05) is 6.61 Å². The Hall–Kier alpha value is -1.71. The summed E-state index contributed by atoms with van der Waals surface area (Å²) >= 11 is 0. The number of rotatable bonds is 6. The lowest BCUT2D eigenvalue weighted by Crippen LogP contribution is -2.08. The summed E-state index contributed by atoms with van der Waals surface area (Å²) in [5, 5.41) is 0. The van der Waals surface area contributed by atoms with Crippen molar-refractivity contribution in [1.82, 2.24) is 0 Å². The largest absolute Gasteiger partial charge is 0.747 e. The zero-order valence-corrected chi connectivity index (χ0v) is 10.9. The Balaban J connectivity index is 2.59. The predicted molar refractivity (Wildman–Crippen MR) is 66.4 cm³/mol. The molecule has 1 aromatic rings. The highest BCUT2D eigenvalue weighted by Gasteiger charge is 2.17. The second-order valence-corrected chi connectivity index (χ2v) is 4.26. The van der Waals surface area contributed by atoms with Crippen molar-refractivity contribution in [3.05, 3.63) is 42.0 Å². The Morgan fingerprint density at radius 1 is 1.44 bits per heavy atom. The van der Waals surface area contributed by atoms with Crippen LogP contribution in [-0.4, -0.2) is 17.5 Å². The number of carbonyl (C=O) groups is 1. The molecule has 0 fully saturated rings. The van der Waals surface area contributed by atoms with Gasteiger partial charge < -0.3 is 4.74 Å². The summed E-state index contributed by atoms with van der Waals surface area (Å²) in [7, 11) is -2.70. The maximum atomic E-state index is 11.2. The summed E-state index contributed by atoms with van der Waals surface area (Å²) in [4.78, 5) is 19.9. The van der Waals surface area contributed by atoms with Gasteiger partial charge in [0.15, 0.2) is 5.75 Å². The first-order valence-electron chi connectivity index (χ1n) is 5.25. The predicted octanol–water partition coefficient (Wildman–Crippen LogP) is 2.38.